The molecule has 0 aliphatic carbocycles. The second-order valence-corrected chi connectivity index (χ2v) is 5.26. The molecular weight excluding hydrogens is 370 g/mol. The van der Waals surface area contributed by atoms with Crippen molar-refractivity contribution >= 4 is 23.4 Å². The summed E-state index contributed by atoms with van der Waals surface area (Å²) in [7, 11) is 0. The van der Waals surface area contributed by atoms with Gasteiger partial charge in [0.25, 0.3) is 5.82 Å². The summed E-state index contributed by atoms with van der Waals surface area (Å²) >= 11 is 5.88. The molecule has 7 heteroatoms. The monoisotopic (exact) mass is 385 g/mol. The minimum absolute atomic E-state index is 0. The van der Waals surface area contributed by atoms with Crippen LogP contribution in [-0.2, 0) is 11.3 Å². The van der Waals surface area contributed by atoms with Crippen LogP contribution in [0.3, 0.4) is 0 Å². The number of anilines is 1. The van der Waals surface area contributed by atoms with Crippen LogP contribution in [0.2, 0.25) is 5.02 Å². The predicted octanol–water partition coefficient (Wildman–Crippen LogP) is -0.551. The van der Waals surface area contributed by atoms with Gasteiger partial charge in [0.05, 0.1) is 0 Å². The van der Waals surface area contributed by atoms with Crippen molar-refractivity contribution in [3.63, 3.8) is 0 Å². The van der Waals surface area contributed by atoms with E-state index >= 15 is 0 Å². The molecule has 0 radical (unpaired) electrons. The largest absolute Gasteiger partial charge is 1.00 e. The highest BCUT2D eigenvalue weighted by molar-refractivity contribution is 6.30. The van der Waals surface area contributed by atoms with E-state index in [-0.39, 0.29) is 23.4 Å². The zero-order valence-corrected chi connectivity index (χ0v) is 14.4. The highest BCUT2D eigenvalue weighted by atomic mass is 79.9. The molecular formula is C15H17BrClN3O2. The summed E-state index contributed by atoms with van der Waals surface area (Å²) in [5.74, 6) is -0.266. The van der Waals surface area contributed by atoms with Gasteiger partial charge in [-0.25, -0.2) is 0 Å². The van der Waals surface area contributed by atoms with Crippen LogP contribution < -0.4 is 27.4 Å². The average Bonchev–Trinajstić information content (AvgIpc) is 2.43. The molecule has 0 amide bonds. The summed E-state index contributed by atoms with van der Waals surface area (Å²) in [4.78, 5) is 10.6. The molecule has 0 bridgehead atoms. The molecule has 22 heavy (non-hydrogen) atoms. The molecule has 0 fully saturated rings. The number of hydrogen-bond acceptors (Lipinski definition) is 3. The zero-order chi connectivity index (χ0) is 15.4. The Morgan fingerprint density at radius 2 is 2.00 bits per heavy atom. The van der Waals surface area contributed by atoms with Crippen LogP contribution in [0.4, 0.5) is 5.82 Å². The van der Waals surface area contributed by atoms with Gasteiger partial charge in [-0.05, 0) is 31.5 Å². The number of aryl methyl sites for hydroxylation is 2. The summed E-state index contributed by atoms with van der Waals surface area (Å²) in [6.45, 7) is 2.38. The Morgan fingerprint density at radius 3 is 2.59 bits per heavy atom. The van der Waals surface area contributed by atoms with Crippen molar-refractivity contribution in [2.75, 3.05) is 5.73 Å². The fourth-order valence-electron chi connectivity index (χ4n) is 2.01. The number of aliphatic carboxylic acids is 1. The van der Waals surface area contributed by atoms with Crippen molar-refractivity contribution in [1.29, 1.82) is 0 Å². The Hall–Kier alpha value is -1.66. The fourth-order valence-corrected chi connectivity index (χ4v) is 2.13. The van der Waals surface area contributed by atoms with Gasteiger partial charge in [0.15, 0.2) is 0 Å². The maximum Gasteiger partial charge on any atom is 0.303 e. The summed E-state index contributed by atoms with van der Waals surface area (Å²) < 4.78 is 1.65. The maximum absolute atomic E-state index is 10.6. The quantitative estimate of drug-likeness (QED) is 0.676. The Balaban J connectivity index is 0.00000242. The Bertz CT molecular complexity index is 663. The van der Waals surface area contributed by atoms with Gasteiger partial charge in [-0.15, -0.1) is 4.68 Å². The van der Waals surface area contributed by atoms with Gasteiger partial charge >= 0.3 is 5.97 Å². The molecule has 118 valence electrons. The van der Waals surface area contributed by atoms with Crippen LogP contribution in [0.1, 0.15) is 18.4 Å². The molecule has 1 heterocycles. The molecule has 3 N–H and O–H groups in total. The molecule has 0 atom stereocenters. The van der Waals surface area contributed by atoms with Gasteiger partial charge in [-0.2, -0.15) is 0 Å². The third kappa shape index (κ3) is 4.68. The second kappa shape index (κ2) is 8.10. The van der Waals surface area contributed by atoms with Gasteiger partial charge in [0.1, 0.15) is 12.2 Å². The number of carboxylic acid groups (broad SMARTS) is 1. The first-order chi connectivity index (χ1) is 9.97. The molecule has 2 aromatic rings. The van der Waals surface area contributed by atoms with Crippen molar-refractivity contribution in [2.24, 2.45) is 0 Å². The number of halogens is 2. The highest BCUT2D eigenvalue weighted by Crippen LogP contribution is 2.20. The number of carboxylic acids is 1. The highest BCUT2D eigenvalue weighted by Gasteiger charge is 2.14. The summed E-state index contributed by atoms with van der Waals surface area (Å²) in [5.41, 5.74) is 8.64. The van der Waals surface area contributed by atoms with Gasteiger partial charge < -0.3 is 22.1 Å². The van der Waals surface area contributed by atoms with Crippen LogP contribution in [-0.4, -0.2) is 16.2 Å². The summed E-state index contributed by atoms with van der Waals surface area (Å²) in [6, 6.07) is 9.30. The number of nitrogens with two attached hydrogens (primary N) is 1. The van der Waals surface area contributed by atoms with E-state index in [0.717, 1.165) is 16.8 Å². The van der Waals surface area contributed by atoms with E-state index in [4.69, 9.17) is 22.4 Å². The zero-order valence-electron chi connectivity index (χ0n) is 12.1. The summed E-state index contributed by atoms with van der Waals surface area (Å²) in [6.07, 6.45) is 0.582. The van der Waals surface area contributed by atoms with Gasteiger partial charge in [0, 0.05) is 22.6 Å². The number of aromatic nitrogens is 2. The van der Waals surface area contributed by atoms with Crippen LogP contribution >= 0.6 is 11.6 Å². The van der Waals surface area contributed by atoms with Crippen molar-refractivity contribution in [3.05, 3.63) is 40.9 Å². The molecule has 1 aromatic carbocycles. The van der Waals surface area contributed by atoms with Crippen LogP contribution in [0, 0.1) is 6.92 Å². The minimum Gasteiger partial charge on any atom is -1.00 e. The van der Waals surface area contributed by atoms with Crippen LogP contribution in [0.15, 0.2) is 30.3 Å². The Kier molecular flexibility index (Phi) is 6.77. The lowest BCUT2D eigenvalue weighted by atomic mass is 10.1. The second-order valence-electron chi connectivity index (χ2n) is 4.83. The number of rotatable bonds is 5. The lowest BCUT2D eigenvalue weighted by Gasteiger charge is -2.07. The Morgan fingerprint density at radius 1 is 1.36 bits per heavy atom. The smallest absolute Gasteiger partial charge is 0.303 e. The maximum atomic E-state index is 10.6. The predicted molar refractivity (Wildman–Crippen MR) is 80.9 cm³/mol. The molecule has 0 unspecified atom stereocenters. The van der Waals surface area contributed by atoms with E-state index in [2.05, 4.69) is 5.10 Å². The van der Waals surface area contributed by atoms with E-state index < -0.39 is 5.97 Å². The average molecular weight is 387 g/mol. The topological polar surface area (TPSA) is 80.1 Å². The fraction of sp³-hybridized carbons (Fsp3) is 0.267. The number of carbonyl (C=O) groups is 1. The van der Waals surface area contributed by atoms with Gasteiger partial charge in [-0.3, -0.25) is 10.5 Å². The van der Waals surface area contributed by atoms with Crippen molar-refractivity contribution < 1.29 is 31.6 Å². The number of hydrogen-bond donors (Lipinski definition) is 2. The van der Waals surface area contributed by atoms with Crippen molar-refractivity contribution in [1.82, 2.24) is 5.10 Å². The van der Waals surface area contributed by atoms with E-state index in [0.29, 0.717) is 23.8 Å². The number of nitrogens with zero attached hydrogens (tertiary/aromatic N) is 2. The Labute approximate surface area is 144 Å². The summed E-state index contributed by atoms with van der Waals surface area (Å²) in [5, 5.41) is 13.9. The van der Waals surface area contributed by atoms with E-state index in [1.807, 2.05) is 25.1 Å². The molecule has 0 aliphatic heterocycles. The lowest BCUT2D eigenvalue weighted by Crippen LogP contribution is -3.00. The molecule has 2 rings (SSSR count). The molecule has 0 saturated carbocycles. The van der Waals surface area contributed by atoms with E-state index in [1.165, 1.54) is 0 Å². The molecule has 0 saturated heterocycles. The normalized spacial score (nSPS) is 10.1. The third-order valence-corrected chi connectivity index (χ3v) is 3.42. The van der Waals surface area contributed by atoms with E-state index in [9.17, 15) is 4.79 Å². The first-order valence-corrected chi connectivity index (χ1v) is 7.00. The van der Waals surface area contributed by atoms with Crippen LogP contribution in [0.5, 0.6) is 0 Å². The SMILES string of the molecule is Cc1cc(-c2ccc(Cl)cc2)n[n+](CCCC(=O)O)c1N.[Br-]. The first kappa shape index (κ1) is 18.4. The van der Waals surface area contributed by atoms with Gasteiger partial charge in [-0.1, -0.05) is 28.8 Å². The minimum atomic E-state index is -0.820. The van der Waals surface area contributed by atoms with Crippen molar-refractivity contribution in [3.8, 4) is 11.3 Å². The molecule has 5 nitrogen and oxygen atoms in total. The number of nitrogen functional groups attached to an aromatic ring is 1. The van der Waals surface area contributed by atoms with Gasteiger partial charge in [0.2, 0.25) is 0 Å². The first-order valence-electron chi connectivity index (χ1n) is 6.62. The standard InChI is InChI=1S/C15H16ClN3O2.BrH/c1-10-9-13(11-4-6-12(16)7-5-11)18-19(15(10)17)8-2-3-14(20)21;/h4-7,9,17H,2-3,8H2,1H3,(H,20,21);1H. The molecule has 0 spiro atoms. The lowest BCUT2D eigenvalue weighted by molar-refractivity contribution is -0.740. The van der Waals surface area contributed by atoms with E-state index in [1.54, 1.807) is 16.8 Å². The molecule has 0 aliphatic rings. The molecule has 1 aromatic heterocycles. The van der Waals surface area contributed by atoms with Crippen LogP contribution in [0.25, 0.3) is 11.3 Å². The third-order valence-electron chi connectivity index (χ3n) is 3.16. The van der Waals surface area contributed by atoms with Crippen molar-refractivity contribution in [2.45, 2.75) is 26.3 Å². The number of benzene rings is 1.